The number of rotatable bonds is 9. The molecule has 0 saturated heterocycles. The predicted octanol–water partition coefficient (Wildman–Crippen LogP) is 2.50. The summed E-state index contributed by atoms with van der Waals surface area (Å²) in [5.41, 5.74) is 0. The molecule has 0 aromatic heterocycles. The van der Waals surface area contributed by atoms with Crippen molar-refractivity contribution in [3.05, 3.63) is 0 Å². The lowest BCUT2D eigenvalue weighted by Gasteiger charge is -2.22. The lowest BCUT2D eigenvalue weighted by molar-refractivity contribution is 0.259. The van der Waals surface area contributed by atoms with Crippen molar-refractivity contribution in [3.63, 3.8) is 0 Å². The minimum Gasteiger partial charge on any atom is -0.313 e. The zero-order chi connectivity index (χ0) is 11.1. The van der Waals surface area contributed by atoms with Crippen molar-refractivity contribution in [1.82, 2.24) is 10.2 Å². The Morgan fingerprint density at radius 3 is 2.53 bits per heavy atom. The van der Waals surface area contributed by atoms with E-state index in [0.717, 1.165) is 12.5 Å². The SMILES string of the molecule is CCCN(CCNC(C)CC)CC1CC1. The maximum atomic E-state index is 3.57. The first-order valence-corrected chi connectivity index (χ1v) is 6.72. The Labute approximate surface area is 95.4 Å². The van der Waals surface area contributed by atoms with Gasteiger partial charge in [0.1, 0.15) is 0 Å². The van der Waals surface area contributed by atoms with Gasteiger partial charge >= 0.3 is 0 Å². The second-order valence-corrected chi connectivity index (χ2v) is 5.01. The van der Waals surface area contributed by atoms with Crippen LogP contribution >= 0.6 is 0 Å². The van der Waals surface area contributed by atoms with Gasteiger partial charge < -0.3 is 10.2 Å². The van der Waals surface area contributed by atoms with E-state index in [0.29, 0.717) is 6.04 Å². The lowest BCUT2D eigenvalue weighted by Crippen LogP contribution is -2.37. The molecule has 1 N–H and O–H groups in total. The van der Waals surface area contributed by atoms with Crippen molar-refractivity contribution < 1.29 is 0 Å². The third-order valence-corrected chi connectivity index (χ3v) is 3.29. The Kier molecular flexibility index (Phi) is 6.26. The minimum atomic E-state index is 0.675. The molecule has 2 nitrogen and oxygen atoms in total. The average molecular weight is 212 g/mol. The molecule has 1 aliphatic carbocycles. The van der Waals surface area contributed by atoms with E-state index >= 15 is 0 Å². The average Bonchev–Trinajstić information content (AvgIpc) is 3.01. The van der Waals surface area contributed by atoms with Crippen molar-refractivity contribution in [3.8, 4) is 0 Å². The van der Waals surface area contributed by atoms with E-state index < -0.39 is 0 Å². The summed E-state index contributed by atoms with van der Waals surface area (Å²) < 4.78 is 0. The highest BCUT2D eigenvalue weighted by Crippen LogP contribution is 2.29. The maximum Gasteiger partial charge on any atom is 0.0107 e. The zero-order valence-corrected chi connectivity index (χ0v) is 10.8. The van der Waals surface area contributed by atoms with Gasteiger partial charge in [0.05, 0.1) is 0 Å². The fourth-order valence-electron chi connectivity index (χ4n) is 1.89. The summed E-state index contributed by atoms with van der Waals surface area (Å²) in [6, 6.07) is 0.675. The molecule has 0 spiro atoms. The Bertz CT molecular complexity index is 155. The second-order valence-electron chi connectivity index (χ2n) is 5.01. The Hall–Kier alpha value is -0.0800. The lowest BCUT2D eigenvalue weighted by atomic mass is 10.2. The highest BCUT2D eigenvalue weighted by atomic mass is 15.1. The molecule has 0 aromatic carbocycles. The van der Waals surface area contributed by atoms with Gasteiger partial charge in [-0.1, -0.05) is 13.8 Å². The van der Waals surface area contributed by atoms with Gasteiger partial charge in [-0.25, -0.2) is 0 Å². The van der Waals surface area contributed by atoms with Crippen LogP contribution in [0.3, 0.4) is 0 Å². The van der Waals surface area contributed by atoms with Gasteiger partial charge in [-0.15, -0.1) is 0 Å². The molecule has 0 amide bonds. The van der Waals surface area contributed by atoms with Crippen LogP contribution in [0.25, 0.3) is 0 Å². The Balaban J connectivity index is 2.07. The topological polar surface area (TPSA) is 15.3 Å². The number of nitrogens with one attached hydrogen (secondary N) is 1. The van der Waals surface area contributed by atoms with Crippen LogP contribution in [0.1, 0.15) is 46.5 Å². The standard InChI is InChI=1S/C13H28N2/c1-4-9-15(11-13-6-7-13)10-8-14-12(3)5-2/h12-14H,4-11H2,1-3H3. The van der Waals surface area contributed by atoms with Crippen molar-refractivity contribution in [2.45, 2.75) is 52.5 Å². The molecule has 90 valence electrons. The van der Waals surface area contributed by atoms with Gasteiger partial charge in [0, 0.05) is 25.7 Å². The predicted molar refractivity (Wildman–Crippen MR) is 67.2 cm³/mol. The first-order valence-electron chi connectivity index (χ1n) is 6.72. The smallest absolute Gasteiger partial charge is 0.0107 e. The van der Waals surface area contributed by atoms with Gasteiger partial charge in [-0.05, 0) is 45.1 Å². The summed E-state index contributed by atoms with van der Waals surface area (Å²) in [6.45, 7) is 11.8. The van der Waals surface area contributed by atoms with Crippen LogP contribution in [0.4, 0.5) is 0 Å². The fourth-order valence-corrected chi connectivity index (χ4v) is 1.89. The van der Waals surface area contributed by atoms with Crippen LogP contribution < -0.4 is 5.32 Å². The molecule has 2 heteroatoms. The summed E-state index contributed by atoms with van der Waals surface area (Å²) in [5.74, 6) is 1.03. The first kappa shape index (κ1) is 13.0. The maximum absolute atomic E-state index is 3.57. The summed E-state index contributed by atoms with van der Waals surface area (Å²) in [6.07, 6.45) is 5.46. The molecule has 0 heterocycles. The Morgan fingerprint density at radius 1 is 1.27 bits per heavy atom. The van der Waals surface area contributed by atoms with Gasteiger partial charge in [0.25, 0.3) is 0 Å². The molecular formula is C13H28N2. The summed E-state index contributed by atoms with van der Waals surface area (Å²) in [5, 5.41) is 3.57. The zero-order valence-electron chi connectivity index (χ0n) is 10.8. The molecule has 1 saturated carbocycles. The molecule has 1 unspecified atom stereocenters. The monoisotopic (exact) mass is 212 g/mol. The van der Waals surface area contributed by atoms with E-state index in [1.807, 2.05) is 0 Å². The van der Waals surface area contributed by atoms with Crippen molar-refractivity contribution in [2.75, 3.05) is 26.2 Å². The van der Waals surface area contributed by atoms with Gasteiger partial charge in [-0.3, -0.25) is 0 Å². The third kappa shape index (κ3) is 6.16. The van der Waals surface area contributed by atoms with E-state index in [9.17, 15) is 0 Å². The molecular weight excluding hydrogens is 184 g/mol. The van der Waals surface area contributed by atoms with Crippen LogP contribution in [-0.2, 0) is 0 Å². The number of hydrogen-bond donors (Lipinski definition) is 1. The minimum absolute atomic E-state index is 0.675. The molecule has 0 aliphatic heterocycles. The van der Waals surface area contributed by atoms with E-state index in [-0.39, 0.29) is 0 Å². The van der Waals surface area contributed by atoms with E-state index in [1.54, 1.807) is 0 Å². The Morgan fingerprint density at radius 2 is 2.00 bits per heavy atom. The van der Waals surface area contributed by atoms with Crippen LogP contribution in [0.15, 0.2) is 0 Å². The van der Waals surface area contributed by atoms with Crippen molar-refractivity contribution in [1.29, 1.82) is 0 Å². The molecule has 1 rings (SSSR count). The van der Waals surface area contributed by atoms with Gasteiger partial charge in [0.2, 0.25) is 0 Å². The highest BCUT2D eigenvalue weighted by Gasteiger charge is 2.23. The van der Waals surface area contributed by atoms with Crippen LogP contribution in [-0.4, -0.2) is 37.1 Å². The normalized spacial score (nSPS) is 18.4. The molecule has 1 aliphatic rings. The third-order valence-electron chi connectivity index (χ3n) is 3.29. The van der Waals surface area contributed by atoms with Crippen LogP contribution in [0, 0.1) is 5.92 Å². The molecule has 1 atom stereocenters. The van der Waals surface area contributed by atoms with E-state index in [2.05, 4.69) is 31.0 Å². The van der Waals surface area contributed by atoms with Crippen molar-refractivity contribution >= 4 is 0 Å². The largest absolute Gasteiger partial charge is 0.313 e. The van der Waals surface area contributed by atoms with E-state index in [1.165, 1.54) is 45.3 Å². The second kappa shape index (κ2) is 7.24. The summed E-state index contributed by atoms with van der Waals surface area (Å²) >= 11 is 0. The fraction of sp³-hybridized carbons (Fsp3) is 1.00. The quantitative estimate of drug-likeness (QED) is 0.632. The van der Waals surface area contributed by atoms with Crippen molar-refractivity contribution in [2.24, 2.45) is 5.92 Å². The van der Waals surface area contributed by atoms with Crippen LogP contribution in [0.5, 0.6) is 0 Å². The highest BCUT2D eigenvalue weighted by molar-refractivity contribution is 4.77. The van der Waals surface area contributed by atoms with Crippen LogP contribution in [0.2, 0.25) is 0 Å². The molecule has 1 fully saturated rings. The number of nitrogens with zero attached hydrogens (tertiary/aromatic N) is 1. The molecule has 0 radical (unpaired) electrons. The van der Waals surface area contributed by atoms with Gasteiger partial charge in [-0.2, -0.15) is 0 Å². The molecule has 0 aromatic rings. The first-order chi connectivity index (χ1) is 7.26. The number of hydrogen-bond acceptors (Lipinski definition) is 2. The van der Waals surface area contributed by atoms with E-state index in [4.69, 9.17) is 0 Å². The van der Waals surface area contributed by atoms with Gasteiger partial charge in [0.15, 0.2) is 0 Å². The summed E-state index contributed by atoms with van der Waals surface area (Å²) in [4.78, 5) is 2.63. The molecule has 0 bridgehead atoms. The molecule has 15 heavy (non-hydrogen) atoms. The summed E-state index contributed by atoms with van der Waals surface area (Å²) in [7, 11) is 0.